The molecule has 1 saturated heterocycles. The van der Waals surface area contributed by atoms with Gasteiger partial charge in [0.25, 0.3) is 0 Å². The number of carboxylic acid groups (broad SMARTS) is 1. The summed E-state index contributed by atoms with van der Waals surface area (Å²) in [6.07, 6.45) is 7.90. The first-order valence-electron chi connectivity index (χ1n) is 20.7. The third-order valence-electron chi connectivity index (χ3n) is 6.05. The molecule has 0 radical (unpaired) electrons. The minimum absolute atomic E-state index is 0.00926. The van der Waals surface area contributed by atoms with Crippen LogP contribution in [0.3, 0.4) is 0 Å². The number of alkyl halides is 2. The zero-order valence-corrected chi connectivity index (χ0v) is 42.4. The van der Waals surface area contributed by atoms with Crippen LogP contribution < -0.4 is 5.73 Å². The number of carbonyl (C=O) groups is 3. The number of benzene rings is 1. The molecule has 2 heterocycles. The number of hydrogen-bond acceptors (Lipinski definition) is 5. The van der Waals surface area contributed by atoms with Gasteiger partial charge in [0.15, 0.2) is 0 Å². The Labute approximate surface area is 370 Å². The quantitative estimate of drug-likeness (QED) is 0.210. The highest BCUT2D eigenvalue weighted by Crippen LogP contribution is 2.11. The molecule has 1 aliphatic rings. The van der Waals surface area contributed by atoms with Crippen LogP contribution in [0.4, 0.5) is 0 Å². The molecule has 0 unspecified atom stereocenters. The molecular formula is C46H87BrClN5O5. The van der Waals surface area contributed by atoms with Crippen molar-refractivity contribution in [3.63, 3.8) is 0 Å². The fourth-order valence-corrected chi connectivity index (χ4v) is 2.88. The van der Waals surface area contributed by atoms with E-state index in [1.165, 1.54) is 30.4 Å². The lowest BCUT2D eigenvalue weighted by molar-refractivity contribution is -0.140. The Morgan fingerprint density at radius 2 is 1.22 bits per heavy atom. The Bertz CT molecular complexity index is 1210. The van der Waals surface area contributed by atoms with E-state index < -0.39 is 5.97 Å². The summed E-state index contributed by atoms with van der Waals surface area (Å²) in [5.41, 5.74) is 7.34. The van der Waals surface area contributed by atoms with Crippen molar-refractivity contribution in [2.24, 2.45) is 30.5 Å². The molecular weight excluding hydrogens is 818 g/mol. The van der Waals surface area contributed by atoms with Crippen LogP contribution in [0.25, 0.3) is 4.85 Å². The molecule has 12 heteroatoms. The minimum atomic E-state index is -0.741. The number of likely N-dealkylation sites (tertiary alicyclic amines) is 1. The van der Waals surface area contributed by atoms with Gasteiger partial charge in [0.2, 0.25) is 17.9 Å². The number of aryl methyl sites for hydroxylation is 1. The molecule has 1 fully saturated rings. The highest BCUT2D eigenvalue weighted by molar-refractivity contribution is 9.09. The molecule has 0 saturated carbocycles. The molecule has 58 heavy (non-hydrogen) atoms. The zero-order valence-electron chi connectivity index (χ0n) is 40.1. The van der Waals surface area contributed by atoms with Crippen LogP contribution in [-0.2, 0) is 32.8 Å². The summed E-state index contributed by atoms with van der Waals surface area (Å²) < 4.78 is 7.26. The van der Waals surface area contributed by atoms with Crippen LogP contribution in [0.5, 0.6) is 0 Å². The van der Waals surface area contributed by atoms with E-state index in [0.29, 0.717) is 28.1 Å². The van der Waals surface area contributed by atoms with Gasteiger partial charge in [0.05, 0.1) is 24.8 Å². The Kier molecular flexibility index (Phi) is 52.0. The lowest BCUT2D eigenvalue weighted by atomic mass is 10.1. The smallest absolute Gasteiger partial charge is 0.305 e. The third kappa shape index (κ3) is 62.3. The number of aliphatic carboxylic acids is 1. The number of primary amides is 1. The van der Waals surface area contributed by atoms with E-state index in [1.54, 1.807) is 27.7 Å². The predicted molar refractivity (Wildman–Crippen MR) is 254 cm³/mol. The van der Waals surface area contributed by atoms with Gasteiger partial charge in [-0.25, -0.2) is 6.57 Å². The first-order chi connectivity index (χ1) is 26.6. The number of ether oxygens (including phenoxy) is 1. The number of nitrogens with zero attached hydrogens (tertiary/aromatic N) is 4. The molecule has 1 aromatic heterocycles. The topological polar surface area (TPSA) is 132 Å². The Morgan fingerprint density at radius 3 is 1.43 bits per heavy atom. The molecule has 0 spiro atoms. The standard InChI is InChI=1S/C10H14O.C8H15NO.C7H12N2.C4H9NO.C4H7N.C4H8O2.C3H7Br.C3H7Cl.C3H8/c1-9(2)11-8-10-6-4-3-5-7-10;1-7(2)8(10)9-5-3-4-6-9;1-6(2)7-4-8-9(3)5-7;1-3(2)4(5)6;1-4(2)5-3;1-3(2)4(5)6;2*1-3(2)4;1-3-2/h3-7,9H,8H2,1-2H3;7H,3-6H2,1-2H3;4-6H,1-3H3;3H,1-2H3,(H2,5,6);4H,1-2H3;3H,1-2H3,(H,5,6);2*3H,1-2H3;3H2,1-2H3. The second-order valence-corrected chi connectivity index (χ2v) is 18.3. The summed E-state index contributed by atoms with van der Waals surface area (Å²) in [5.74, 6) is -0.130. The van der Waals surface area contributed by atoms with Crippen molar-refractivity contribution in [3.8, 4) is 0 Å². The van der Waals surface area contributed by atoms with Gasteiger partial charge in [-0.05, 0) is 57.6 Å². The van der Waals surface area contributed by atoms with Gasteiger partial charge >= 0.3 is 5.97 Å². The van der Waals surface area contributed by atoms with Gasteiger partial charge < -0.3 is 25.3 Å². The summed E-state index contributed by atoms with van der Waals surface area (Å²) in [6.45, 7) is 44.1. The summed E-state index contributed by atoms with van der Waals surface area (Å²) in [6, 6.07) is 10.4. The van der Waals surface area contributed by atoms with Crippen molar-refractivity contribution in [1.29, 1.82) is 0 Å². The fraction of sp³-hybridized carbons (Fsp3) is 0.717. The molecule has 10 nitrogen and oxygen atoms in total. The lowest BCUT2D eigenvalue weighted by Crippen LogP contribution is -2.31. The van der Waals surface area contributed by atoms with Crippen LogP contribution in [0.2, 0.25) is 0 Å². The van der Waals surface area contributed by atoms with Crippen molar-refractivity contribution in [2.45, 2.75) is 179 Å². The number of halogens is 2. The number of carbonyl (C=O) groups excluding carboxylic acids is 2. The normalized spacial score (nSPS) is 10.9. The molecule has 0 atom stereocenters. The number of carboxylic acids is 1. The minimum Gasteiger partial charge on any atom is -0.481 e. The van der Waals surface area contributed by atoms with Crippen molar-refractivity contribution in [2.75, 3.05) is 13.1 Å². The van der Waals surface area contributed by atoms with E-state index >= 15 is 0 Å². The third-order valence-corrected chi connectivity index (χ3v) is 6.05. The summed E-state index contributed by atoms with van der Waals surface area (Å²) in [5, 5.41) is 12.4. The maximum Gasteiger partial charge on any atom is 0.305 e. The van der Waals surface area contributed by atoms with Crippen molar-refractivity contribution >= 4 is 45.3 Å². The van der Waals surface area contributed by atoms with E-state index in [1.807, 2.05) is 103 Å². The van der Waals surface area contributed by atoms with Crippen LogP contribution in [-0.4, -0.2) is 73.0 Å². The van der Waals surface area contributed by atoms with Gasteiger partial charge in [-0.3, -0.25) is 19.1 Å². The van der Waals surface area contributed by atoms with Gasteiger partial charge in [-0.2, -0.15) is 5.10 Å². The van der Waals surface area contributed by atoms with Gasteiger partial charge in [-0.1, -0.05) is 136 Å². The number of aromatic nitrogens is 2. The second kappa shape index (κ2) is 45.1. The van der Waals surface area contributed by atoms with Crippen molar-refractivity contribution < 1.29 is 24.2 Å². The molecule has 2 aromatic rings. The molecule has 340 valence electrons. The van der Waals surface area contributed by atoms with Crippen LogP contribution in [0.1, 0.15) is 161 Å². The molecule has 0 bridgehead atoms. The lowest BCUT2D eigenvalue weighted by Gasteiger charge is -2.17. The van der Waals surface area contributed by atoms with Gasteiger partial charge in [0.1, 0.15) is 0 Å². The van der Waals surface area contributed by atoms with Gasteiger partial charge in [-0.15, -0.1) is 11.6 Å². The fourth-order valence-electron chi connectivity index (χ4n) is 2.88. The van der Waals surface area contributed by atoms with Crippen LogP contribution >= 0.6 is 27.5 Å². The SMILES string of the molecule is CC(C)Br.CC(C)C(=O)N1CCCC1.CC(C)C(=O)O.CC(C)C(N)=O.CC(C)Cl.CC(C)OCc1ccccc1.CC(C)c1cnn(C)c1.CCC.[C-]#[N+]C(C)C. The Hall–Kier alpha value is -2.94. The average molecular weight is 906 g/mol. The number of nitrogens with two attached hydrogens (primary N) is 1. The Balaban J connectivity index is -0.000000135. The number of hydrogen-bond donors (Lipinski definition) is 2. The summed E-state index contributed by atoms with van der Waals surface area (Å²) >= 11 is 8.55. The van der Waals surface area contributed by atoms with Crippen LogP contribution in [0.15, 0.2) is 42.7 Å². The average Bonchev–Trinajstić information content (AvgIpc) is 3.81. The van der Waals surface area contributed by atoms with E-state index in [-0.39, 0.29) is 29.7 Å². The molecule has 1 aromatic carbocycles. The molecule has 3 rings (SSSR count). The van der Waals surface area contributed by atoms with Crippen molar-refractivity contribution in [3.05, 3.63) is 65.3 Å². The summed E-state index contributed by atoms with van der Waals surface area (Å²) in [7, 11) is 1.94. The second-order valence-electron chi connectivity index (χ2n) is 15.6. The van der Waals surface area contributed by atoms with E-state index in [4.69, 9.17) is 33.8 Å². The van der Waals surface area contributed by atoms with Crippen molar-refractivity contribution in [1.82, 2.24) is 14.7 Å². The molecule has 3 N–H and O–H groups in total. The predicted octanol–water partition coefficient (Wildman–Crippen LogP) is 12.4. The molecule has 1 aliphatic heterocycles. The molecule has 2 amide bonds. The molecule has 0 aliphatic carbocycles. The number of amides is 2. The highest BCUT2D eigenvalue weighted by Gasteiger charge is 2.19. The maximum absolute atomic E-state index is 11.3. The largest absolute Gasteiger partial charge is 0.481 e. The van der Waals surface area contributed by atoms with E-state index in [9.17, 15) is 14.4 Å². The maximum atomic E-state index is 11.3. The first kappa shape index (κ1) is 66.9. The Morgan fingerprint density at radius 1 is 0.862 bits per heavy atom. The van der Waals surface area contributed by atoms with Crippen LogP contribution in [0, 0.1) is 24.3 Å². The first-order valence-corrected chi connectivity index (χ1v) is 22.1. The summed E-state index contributed by atoms with van der Waals surface area (Å²) in [4.78, 5) is 36.6. The van der Waals surface area contributed by atoms with Gasteiger partial charge in [0, 0.05) is 62.2 Å². The monoisotopic (exact) mass is 904 g/mol. The zero-order chi connectivity index (χ0) is 47.0. The van der Waals surface area contributed by atoms with E-state index in [0.717, 1.165) is 19.7 Å². The number of rotatable bonds is 7. The highest BCUT2D eigenvalue weighted by atomic mass is 79.9. The van der Waals surface area contributed by atoms with E-state index in [2.05, 4.69) is 79.5 Å².